The van der Waals surface area contributed by atoms with Gasteiger partial charge in [0.2, 0.25) is 10.0 Å². The van der Waals surface area contributed by atoms with Crippen molar-refractivity contribution >= 4 is 15.7 Å². The second kappa shape index (κ2) is 5.85. The Bertz CT molecular complexity index is 743. The average Bonchev–Trinajstić information content (AvgIpc) is 2.98. The van der Waals surface area contributed by atoms with Crippen LogP contribution < -0.4 is 9.46 Å². The highest BCUT2D eigenvalue weighted by molar-refractivity contribution is 7.89. The molecular formula is C10H11N5O5S. The Labute approximate surface area is 119 Å². The molecule has 0 bridgehead atoms. The van der Waals surface area contributed by atoms with Crippen LogP contribution in [0.5, 0.6) is 5.75 Å². The van der Waals surface area contributed by atoms with Crippen molar-refractivity contribution in [3.8, 4) is 5.75 Å². The van der Waals surface area contributed by atoms with Crippen molar-refractivity contribution in [3.05, 3.63) is 40.5 Å². The van der Waals surface area contributed by atoms with Crippen molar-refractivity contribution in [2.45, 2.75) is 11.4 Å². The standard InChI is InChI=1S/C10H11N5O5S/c1-20-7-2-3-9(8(4-7)15(16)17)21(18,19)13-5-10-11-6-12-14-10/h2-4,6,13H,5H2,1H3,(H,11,12,14). The first-order valence-electron chi connectivity index (χ1n) is 5.60. The Morgan fingerprint density at radius 1 is 1.48 bits per heavy atom. The largest absolute Gasteiger partial charge is 0.497 e. The first-order chi connectivity index (χ1) is 9.94. The summed E-state index contributed by atoms with van der Waals surface area (Å²) in [7, 11) is -2.74. The summed E-state index contributed by atoms with van der Waals surface area (Å²) in [6, 6.07) is 3.48. The molecule has 0 fully saturated rings. The number of H-pyrrole nitrogens is 1. The molecule has 1 aromatic carbocycles. The number of nitrogens with zero attached hydrogens (tertiary/aromatic N) is 3. The maximum absolute atomic E-state index is 12.1. The van der Waals surface area contributed by atoms with E-state index >= 15 is 0 Å². The Morgan fingerprint density at radius 3 is 2.81 bits per heavy atom. The predicted molar refractivity (Wildman–Crippen MR) is 70.1 cm³/mol. The number of rotatable bonds is 6. The fraction of sp³-hybridized carbons (Fsp3) is 0.200. The predicted octanol–water partition coefficient (Wildman–Crippen LogP) is 0.200. The highest BCUT2D eigenvalue weighted by Crippen LogP contribution is 2.28. The van der Waals surface area contributed by atoms with Crippen molar-refractivity contribution in [1.82, 2.24) is 19.9 Å². The topological polar surface area (TPSA) is 140 Å². The lowest BCUT2D eigenvalue weighted by molar-refractivity contribution is -0.387. The number of sulfonamides is 1. The van der Waals surface area contributed by atoms with E-state index in [-0.39, 0.29) is 18.1 Å². The SMILES string of the molecule is COc1ccc(S(=O)(=O)NCc2ncn[nH]2)c([N+](=O)[O-])c1. The van der Waals surface area contributed by atoms with Crippen LogP contribution in [0.15, 0.2) is 29.4 Å². The van der Waals surface area contributed by atoms with Crippen molar-refractivity contribution in [1.29, 1.82) is 0 Å². The van der Waals surface area contributed by atoms with Gasteiger partial charge in [0.1, 0.15) is 17.9 Å². The van der Waals surface area contributed by atoms with Gasteiger partial charge < -0.3 is 4.74 Å². The van der Waals surface area contributed by atoms with Gasteiger partial charge in [-0.2, -0.15) is 5.10 Å². The van der Waals surface area contributed by atoms with Crippen molar-refractivity contribution < 1.29 is 18.1 Å². The lowest BCUT2D eigenvalue weighted by Gasteiger charge is -2.07. The minimum absolute atomic E-state index is 0.161. The first-order valence-corrected chi connectivity index (χ1v) is 7.08. The molecule has 0 aliphatic heterocycles. The van der Waals surface area contributed by atoms with Gasteiger partial charge >= 0.3 is 0 Å². The molecule has 0 atom stereocenters. The molecule has 2 rings (SSSR count). The molecule has 112 valence electrons. The Morgan fingerprint density at radius 2 is 2.24 bits per heavy atom. The fourth-order valence-corrected chi connectivity index (χ4v) is 2.69. The number of hydrogen-bond donors (Lipinski definition) is 2. The molecule has 0 amide bonds. The highest BCUT2D eigenvalue weighted by Gasteiger charge is 2.26. The molecule has 0 aliphatic rings. The van der Waals surface area contributed by atoms with Crippen LogP contribution >= 0.6 is 0 Å². The molecule has 0 radical (unpaired) electrons. The summed E-state index contributed by atoms with van der Waals surface area (Å²) < 4.78 is 31.3. The zero-order valence-electron chi connectivity index (χ0n) is 10.8. The quantitative estimate of drug-likeness (QED) is 0.573. The maximum Gasteiger partial charge on any atom is 0.293 e. The molecule has 0 saturated heterocycles. The number of ether oxygens (including phenoxy) is 1. The number of methoxy groups -OCH3 is 1. The van der Waals surface area contributed by atoms with Gasteiger partial charge in [-0.3, -0.25) is 15.2 Å². The van der Waals surface area contributed by atoms with E-state index in [9.17, 15) is 18.5 Å². The zero-order chi connectivity index (χ0) is 15.5. The fourth-order valence-electron chi connectivity index (χ4n) is 1.55. The summed E-state index contributed by atoms with van der Waals surface area (Å²) in [4.78, 5) is 13.5. The number of aromatic nitrogens is 3. The number of nitro benzene ring substituents is 1. The Hall–Kier alpha value is -2.53. The van der Waals surface area contributed by atoms with E-state index in [1.165, 1.54) is 19.5 Å². The second-order valence-corrected chi connectivity index (χ2v) is 5.58. The summed E-state index contributed by atoms with van der Waals surface area (Å²) in [5.74, 6) is 0.477. The van der Waals surface area contributed by atoms with Gasteiger partial charge in [-0.1, -0.05) is 0 Å². The van der Waals surface area contributed by atoms with Gasteiger partial charge in [0.25, 0.3) is 5.69 Å². The molecule has 1 heterocycles. The minimum atomic E-state index is -4.07. The Balaban J connectivity index is 2.32. The Kier molecular flexibility index (Phi) is 4.14. The van der Waals surface area contributed by atoms with E-state index in [0.717, 1.165) is 12.1 Å². The normalized spacial score (nSPS) is 11.3. The van der Waals surface area contributed by atoms with Crippen LogP contribution in [-0.4, -0.2) is 35.6 Å². The maximum atomic E-state index is 12.1. The molecule has 0 aliphatic carbocycles. The second-order valence-electron chi connectivity index (χ2n) is 3.85. The van der Waals surface area contributed by atoms with Gasteiger partial charge in [-0.15, -0.1) is 0 Å². The van der Waals surface area contributed by atoms with Crippen LogP contribution in [-0.2, 0) is 16.6 Å². The molecule has 11 heteroatoms. The third-order valence-corrected chi connectivity index (χ3v) is 4.00. The monoisotopic (exact) mass is 313 g/mol. The average molecular weight is 313 g/mol. The van der Waals surface area contributed by atoms with Crippen LogP contribution in [0.4, 0.5) is 5.69 Å². The smallest absolute Gasteiger partial charge is 0.293 e. The van der Waals surface area contributed by atoms with Crippen molar-refractivity contribution in [2.75, 3.05) is 7.11 Å². The van der Waals surface area contributed by atoms with E-state index in [0.29, 0.717) is 0 Å². The summed E-state index contributed by atoms with van der Waals surface area (Å²) in [5.41, 5.74) is -0.570. The highest BCUT2D eigenvalue weighted by atomic mass is 32.2. The van der Waals surface area contributed by atoms with Crippen LogP contribution in [0.25, 0.3) is 0 Å². The lowest BCUT2D eigenvalue weighted by atomic mass is 10.3. The lowest BCUT2D eigenvalue weighted by Crippen LogP contribution is -2.24. The van der Waals surface area contributed by atoms with Gasteiger partial charge in [0.15, 0.2) is 4.90 Å². The summed E-state index contributed by atoms with van der Waals surface area (Å²) in [6.45, 7) is -0.161. The molecule has 21 heavy (non-hydrogen) atoms. The molecular weight excluding hydrogens is 302 g/mol. The van der Waals surface area contributed by atoms with Crippen molar-refractivity contribution in [3.63, 3.8) is 0 Å². The van der Waals surface area contributed by atoms with E-state index in [2.05, 4.69) is 19.9 Å². The van der Waals surface area contributed by atoms with E-state index < -0.39 is 25.5 Å². The van der Waals surface area contributed by atoms with Crippen LogP contribution in [0.3, 0.4) is 0 Å². The van der Waals surface area contributed by atoms with E-state index in [1.54, 1.807) is 0 Å². The van der Waals surface area contributed by atoms with E-state index in [4.69, 9.17) is 4.74 Å². The van der Waals surface area contributed by atoms with Crippen molar-refractivity contribution in [2.24, 2.45) is 0 Å². The van der Waals surface area contributed by atoms with Gasteiger partial charge in [0, 0.05) is 0 Å². The van der Waals surface area contributed by atoms with Crippen LogP contribution in [0, 0.1) is 10.1 Å². The summed E-state index contributed by atoms with van der Waals surface area (Å²) in [5, 5.41) is 17.0. The third kappa shape index (κ3) is 3.32. The number of aromatic amines is 1. The number of hydrogen-bond acceptors (Lipinski definition) is 7. The molecule has 2 aromatic rings. The molecule has 0 spiro atoms. The molecule has 2 N–H and O–H groups in total. The van der Waals surface area contributed by atoms with Crippen LogP contribution in [0.1, 0.15) is 5.82 Å². The van der Waals surface area contributed by atoms with E-state index in [1.807, 2.05) is 0 Å². The third-order valence-electron chi connectivity index (χ3n) is 2.55. The summed E-state index contributed by atoms with van der Waals surface area (Å²) in [6.07, 6.45) is 1.22. The van der Waals surface area contributed by atoms with Crippen LogP contribution in [0.2, 0.25) is 0 Å². The van der Waals surface area contributed by atoms with Gasteiger partial charge in [-0.05, 0) is 12.1 Å². The molecule has 0 saturated carbocycles. The van der Waals surface area contributed by atoms with Gasteiger partial charge in [0.05, 0.1) is 24.6 Å². The molecule has 0 unspecified atom stereocenters. The zero-order valence-corrected chi connectivity index (χ0v) is 11.6. The number of nitro groups is 1. The molecule has 1 aromatic heterocycles. The molecule has 10 nitrogen and oxygen atoms in total. The van der Waals surface area contributed by atoms with Gasteiger partial charge in [-0.25, -0.2) is 18.1 Å². The minimum Gasteiger partial charge on any atom is -0.497 e. The summed E-state index contributed by atoms with van der Waals surface area (Å²) >= 11 is 0. The number of benzene rings is 1. The first kappa shape index (κ1) is 14.9. The number of nitrogens with one attached hydrogen (secondary N) is 2.